The minimum Gasteiger partial charge on any atom is -0.409 e. The summed E-state index contributed by atoms with van der Waals surface area (Å²) in [7, 11) is 0. The fourth-order valence-electron chi connectivity index (χ4n) is 2.66. The molecule has 0 radical (unpaired) electrons. The number of hydrogen-bond acceptors (Lipinski definition) is 4. The largest absolute Gasteiger partial charge is 0.409 e. The summed E-state index contributed by atoms with van der Waals surface area (Å²) < 4.78 is 1.70. The van der Waals surface area contributed by atoms with Crippen LogP contribution in [-0.2, 0) is 6.54 Å². The van der Waals surface area contributed by atoms with Crippen LogP contribution in [-0.4, -0.2) is 40.1 Å². The lowest BCUT2D eigenvalue weighted by atomic mass is 10.2. The molecular formula is C14H22N4O2. The van der Waals surface area contributed by atoms with Crippen molar-refractivity contribution in [1.82, 2.24) is 9.47 Å². The molecule has 0 amide bonds. The zero-order valence-corrected chi connectivity index (χ0v) is 11.9. The highest BCUT2D eigenvalue weighted by Gasteiger charge is 2.12. The highest BCUT2D eigenvalue weighted by atomic mass is 16.4. The van der Waals surface area contributed by atoms with Crippen LogP contribution in [0, 0.1) is 6.92 Å². The number of aromatic nitrogens is 1. The fraction of sp³-hybridized carbons (Fsp3) is 0.571. The zero-order chi connectivity index (χ0) is 14.5. The molecule has 1 aliphatic rings. The Hall–Kier alpha value is -1.82. The van der Waals surface area contributed by atoms with Crippen LogP contribution in [0.15, 0.2) is 22.1 Å². The van der Waals surface area contributed by atoms with Gasteiger partial charge in [0, 0.05) is 12.2 Å². The maximum absolute atomic E-state index is 12.3. The Kier molecular flexibility index (Phi) is 4.79. The Bertz CT molecular complexity index is 545. The molecule has 0 saturated carbocycles. The summed E-state index contributed by atoms with van der Waals surface area (Å²) in [4.78, 5) is 14.7. The standard InChI is InChI=1S/C14H22N4O2/c1-11-5-6-12(13(15)16-20)14(19)18(11)10-4-9-17-7-2-3-8-17/h5-6,20H,2-4,7-10H2,1H3,(H2,15,16). The van der Waals surface area contributed by atoms with Gasteiger partial charge in [-0.05, 0) is 58.0 Å². The molecule has 0 aliphatic carbocycles. The number of aryl methyl sites for hydroxylation is 1. The molecule has 1 aromatic rings. The van der Waals surface area contributed by atoms with Crippen LogP contribution >= 0.6 is 0 Å². The van der Waals surface area contributed by atoms with Crippen molar-refractivity contribution >= 4 is 5.84 Å². The van der Waals surface area contributed by atoms with Gasteiger partial charge >= 0.3 is 0 Å². The van der Waals surface area contributed by atoms with E-state index >= 15 is 0 Å². The summed E-state index contributed by atoms with van der Waals surface area (Å²) in [5.41, 5.74) is 6.47. The summed E-state index contributed by atoms with van der Waals surface area (Å²) in [6, 6.07) is 3.42. The van der Waals surface area contributed by atoms with Gasteiger partial charge in [0.2, 0.25) is 0 Å². The van der Waals surface area contributed by atoms with Gasteiger partial charge in [-0.3, -0.25) is 4.79 Å². The molecule has 2 rings (SSSR count). The van der Waals surface area contributed by atoms with Crippen LogP contribution in [0.5, 0.6) is 0 Å². The molecule has 0 spiro atoms. The highest BCUT2D eigenvalue weighted by molar-refractivity contribution is 5.96. The molecule has 6 heteroatoms. The van der Waals surface area contributed by atoms with Gasteiger partial charge in [0.05, 0.1) is 5.56 Å². The topological polar surface area (TPSA) is 83.9 Å². The first kappa shape index (κ1) is 14.6. The number of likely N-dealkylation sites (tertiary alicyclic amines) is 1. The molecule has 0 aromatic carbocycles. The predicted octanol–water partition coefficient (Wildman–Crippen LogP) is 0.737. The summed E-state index contributed by atoms with van der Waals surface area (Å²) in [5, 5.41) is 11.6. The lowest BCUT2D eigenvalue weighted by Crippen LogP contribution is -2.32. The Morgan fingerprint density at radius 1 is 1.35 bits per heavy atom. The third-order valence-corrected chi connectivity index (χ3v) is 3.83. The Morgan fingerprint density at radius 2 is 2.05 bits per heavy atom. The lowest BCUT2D eigenvalue weighted by Gasteiger charge is -2.16. The molecule has 110 valence electrons. The smallest absolute Gasteiger partial charge is 0.261 e. The Morgan fingerprint density at radius 3 is 2.70 bits per heavy atom. The van der Waals surface area contributed by atoms with Crippen molar-refractivity contribution in [2.24, 2.45) is 10.9 Å². The predicted molar refractivity (Wildman–Crippen MR) is 78.2 cm³/mol. The molecule has 1 aromatic heterocycles. The van der Waals surface area contributed by atoms with Crippen molar-refractivity contribution in [3.05, 3.63) is 33.7 Å². The number of amidine groups is 1. The second-order valence-electron chi connectivity index (χ2n) is 5.23. The summed E-state index contributed by atoms with van der Waals surface area (Å²) in [5.74, 6) is -0.136. The van der Waals surface area contributed by atoms with Gasteiger partial charge in [-0.1, -0.05) is 5.16 Å². The average Bonchev–Trinajstić information content (AvgIpc) is 2.95. The molecule has 1 saturated heterocycles. The summed E-state index contributed by atoms with van der Waals surface area (Å²) in [6.45, 7) is 5.90. The first-order chi connectivity index (χ1) is 9.63. The minimum atomic E-state index is -0.193. The van der Waals surface area contributed by atoms with E-state index in [1.165, 1.54) is 12.8 Å². The number of nitrogens with zero attached hydrogens (tertiary/aromatic N) is 3. The quantitative estimate of drug-likeness (QED) is 0.360. The van der Waals surface area contributed by atoms with Crippen molar-refractivity contribution < 1.29 is 5.21 Å². The van der Waals surface area contributed by atoms with Crippen LogP contribution in [0.3, 0.4) is 0 Å². The second kappa shape index (κ2) is 6.56. The SMILES string of the molecule is Cc1ccc(/C(N)=N/O)c(=O)n1CCCN1CCCC1. The van der Waals surface area contributed by atoms with Crippen molar-refractivity contribution in [3.63, 3.8) is 0 Å². The van der Waals surface area contributed by atoms with Crippen LogP contribution in [0.1, 0.15) is 30.5 Å². The second-order valence-corrected chi connectivity index (χ2v) is 5.23. The van der Waals surface area contributed by atoms with E-state index in [4.69, 9.17) is 10.9 Å². The van der Waals surface area contributed by atoms with E-state index in [1.807, 2.05) is 13.0 Å². The molecule has 2 heterocycles. The van der Waals surface area contributed by atoms with Gasteiger partial charge in [-0.25, -0.2) is 0 Å². The summed E-state index contributed by atoms with van der Waals surface area (Å²) in [6.07, 6.45) is 3.48. The third kappa shape index (κ3) is 3.19. The van der Waals surface area contributed by atoms with Gasteiger partial charge in [0.25, 0.3) is 5.56 Å². The third-order valence-electron chi connectivity index (χ3n) is 3.83. The number of oxime groups is 1. The Labute approximate surface area is 118 Å². The molecule has 20 heavy (non-hydrogen) atoms. The van der Waals surface area contributed by atoms with E-state index in [0.717, 1.165) is 31.7 Å². The number of hydrogen-bond donors (Lipinski definition) is 2. The minimum absolute atomic E-state index is 0.136. The van der Waals surface area contributed by atoms with Gasteiger partial charge in [-0.2, -0.15) is 0 Å². The van der Waals surface area contributed by atoms with Crippen molar-refractivity contribution in [3.8, 4) is 0 Å². The van der Waals surface area contributed by atoms with Gasteiger partial charge in [0.1, 0.15) is 0 Å². The first-order valence-corrected chi connectivity index (χ1v) is 7.04. The molecule has 0 atom stereocenters. The molecule has 1 aliphatic heterocycles. The monoisotopic (exact) mass is 278 g/mol. The fourth-order valence-corrected chi connectivity index (χ4v) is 2.66. The lowest BCUT2D eigenvalue weighted by molar-refractivity contribution is 0.318. The molecule has 0 unspecified atom stereocenters. The van der Waals surface area contributed by atoms with Gasteiger partial charge in [0.15, 0.2) is 5.84 Å². The van der Waals surface area contributed by atoms with Crippen LogP contribution < -0.4 is 11.3 Å². The molecule has 1 fully saturated rings. The van der Waals surface area contributed by atoms with E-state index in [1.54, 1.807) is 10.6 Å². The van der Waals surface area contributed by atoms with E-state index in [9.17, 15) is 4.79 Å². The number of pyridine rings is 1. The van der Waals surface area contributed by atoms with Crippen LogP contribution in [0.25, 0.3) is 0 Å². The summed E-state index contributed by atoms with van der Waals surface area (Å²) >= 11 is 0. The van der Waals surface area contributed by atoms with Crippen molar-refractivity contribution in [1.29, 1.82) is 0 Å². The van der Waals surface area contributed by atoms with E-state index in [-0.39, 0.29) is 17.0 Å². The van der Waals surface area contributed by atoms with Gasteiger partial charge < -0.3 is 20.4 Å². The van der Waals surface area contributed by atoms with Crippen LogP contribution in [0.4, 0.5) is 0 Å². The number of rotatable bonds is 5. The van der Waals surface area contributed by atoms with Gasteiger partial charge in [-0.15, -0.1) is 0 Å². The molecular weight excluding hydrogens is 256 g/mol. The molecule has 0 bridgehead atoms. The van der Waals surface area contributed by atoms with E-state index in [0.29, 0.717) is 6.54 Å². The van der Waals surface area contributed by atoms with E-state index < -0.39 is 0 Å². The van der Waals surface area contributed by atoms with Crippen LogP contribution in [0.2, 0.25) is 0 Å². The maximum atomic E-state index is 12.3. The zero-order valence-electron chi connectivity index (χ0n) is 11.9. The maximum Gasteiger partial charge on any atom is 0.261 e. The highest BCUT2D eigenvalue weighted by Crippen LogP contribution is 2.08. The molecule has 6 nitrogen and oxygen atoms in total. The normalized spacial score (nSPS) is 16.8. The van der Waals surface area contributed by atoms with E-state index in [2.05, 4.69) is 10.1 Å². The first-order valence-electron chi connectivity index (χ1n) is 7.04. The Balaban J connectivity index is 2.08. The van der Waals surface area contributed by atoms with Crippen molar-refractivity contribution in [2.45, 2.75) is 32.7 Å². The van der Waals surface area contributed by atoms with Crippen molar-refractivity contribution in [2.75, 3.05) is 19.6 Å². The number of nitrogens with two attached hydrogens (primary N) is 1. The average molecular weight is 278 g/mol. The molecule has 3 N–H and O–H groups in total.